The van der Waals surface area contributed by atoms with Crippen LogP contribution in [0, 0.1) is 34.6 Å². The molecule has 0 heterocycles. The van der Waals surface area contributed by atoms with Gasteiger partial charge < -0.3 is 5.32 Å². The second-order valence-electron chi connectivity index (χ2n) is 2.65. The molecule has 1 N–H and O–H groups in total. The minimum atomic E-state index is -1.69. The summed E-state index contributed by atoms with van der Waals surface area (Å²) in [7, 11) is 0. The Hall–Kier alpha value is -1.77. The fourth-order valence-corrected chi connectivity index (χ4v) is 1.06. The fraction of sp³-hybridized carbons (Fsp3) is 0.222. The smallest absolute Gasteiger partial charge is 0.186 e. The molecule has 0 radical (unpaired) electrons. The molecule has 15 heavy (non-hydrogen) atoms. The van der Waals surface area contributed by atoms with Crippen molar-refractivity contribution in [2.45, 2.75) is 6.92 Å². The van der Waals surface area contributed by atoms with Crippen molar-refractivity contribution in [3.05, 3.63) is 28.8 Å². The van der Waals surface area contributed by atoms with Gasteiger partial charge in [0.05, 0.1) is 0 Å². The highest BCUT2D eigenvalue weighted by Gasteiger charge is 2.24. The normalized spacial score (nSPS) is 9.87. The highest BCUT2D eigenvalue weighted by Crippen LogP contribution is 2.27. The van der Waals surface area contributed by atoms with E-state index < -0.39 is 34.5 Å². The maximum absolute atomic E-state index is 13.1. The van der Waals surface area contributed by atoms with E-state index in [4.69, 9.17) is 5.26 Å². The number of rotatable bonds is 2. The van der Waals surface area contributed by atoms with Gasteiger partial charge in [-0.15, -0.1) is 0 Å². The number of hydrogen-bond donors (Lipinski definition) is 1. The number of hydrogen-bond acceptors (Lipinski definition) is 2. The van der Waals surface area contributed by atoms with Gasteiger partial charge in [-0.1, -0.05) is 0 Å². The van der Waals surface area contributed by atoms with Crippen molar-refractivity contribution in [1.29, 1.82) is 5.26 Å². The average Bonchev–Trinajstić information content (AvgIpc) is 2.23. The van der Waals surface area contributed by atoms with Crippen molar-refractivity contribution in [3.63, 3.8) is 0 Å². The summed E-state index contributed by atoms with van der Waals surface area (Å²) in [4.78, 5) is 0. The molecule has 0 aliphatic heterocycles. The zero-order chi connectivity index (χ0) is 11.6. The van der Waals surface area contributed by atoms with E-state index in [0.717, 1.165) is 6.07 Å². The highest BCUT2D eigenvalue weighted by molar-refractivity contribution is 5.52. The van der Waals surface area contributed by atoms with E-state index >= 15 is 0 Å². The van der Waals surface area contributed by atoms with E-state index in [1.54, 1.807) is 0 Å². The molecule has 0 saturated carbocycles. The fourth-order valence-electron chi connectivity index (χ4n) is 1.06. The molecule has 2 nitrogen and oxygen atoms in total. The Morgan fingerprint density at radius 2 is 1.53 bits per heavy atom. The third-order valence-electron chi connectivity index (χ3n) is 1.73. The summed E-state index contributed by atoms with van der Waals surface area (Å²) in [5.74, 6) is -6.56. The first kappa shape index (κ1) is 11.3. The van der Waals surface area contributed by atoms with Gasteiger partial charge in [0.2, 0.25) is 0 Å². The molecule has 0 aliphatic rings. The topological polar surface area (TPSA) is 35.8 Å². The predicted molar refractivity (Wildman–Crippen MR) is 45.2 cm³/mol. The minimum absolute atomic E-state index is 0.0959. The van der Waals surface area contributed by atoms with Crippen LogP contribution in [0.15, 0.2) is 0 Å². The molecule has 0 unspecified atom stereocenters. The van der Waals surface area contributed by atoms with Gasteiger partial charge in [0, 0.05) is 6.54 Å². The van der Waals surface area contributed by atoms with Crippen molar-refractivity contribution in [3.8, 4) is 6.07 Å². The number of nitriles is 1. The Balaban J connectivity index is 3.53. The van der Waals surface area contributed by atoms with Gasteiger partial charge in [-0.05, 0) is 6.92 Å². The molecule has 0 bridgehead atoms. The van der Waals surface area contributed by atoms with Gasteiger partial charge in [0.15, 0.2) is 23.3 Å². The molecule has 0 saturated heterocycles. The summed E-state index contributed by atoms with van der Waals surface area (Å²) in [5.41, 5.74) is -2.15. The molecular weight excluding hydrogens is 212 g/mol. The number of nitrogens with zero attached hydrogens (tertiary/aromatic N) is 1. The molecule has 0 aromatic heterocycles. The molecule has 6 heteroatoms. The van der Waals surface area contributed by atoms with E-state index in [9.17, 15) is 17.6 Å². The maximum atomic E-state index is 13.1. The van der Waals surface area contributed by atoms with Crippen molar-refractivity contribution in [2.75, 3.05) is 11.9 Å². The van der Waals surface area contributed by atoms with Gasteiger partial charge in [0.1, 0.15) is 17.3 Å². The van der Waals surface area contributed by atoms with Crippen LogP contribution in [0.5, 0.6) is 0 Å². The molecule has 0 spiro atoms. The highest BCUT2D eigenvalue weighted by atomic mass is 19.2. The van der Waals surface area contributed by atoms with Crippen LogP contribution in [-0.4, -0.2) is 6.54 Å². The Bertz CT molecular complexity index is 408. The van der Waals surface area contributed by atoms with E-state index in [0.29, 0.717) is 0 Å². The van der Waals surface area contributed by atoms with Crippen LogP contribution in [-0.2, 0) is 0 Å². The van der Waals surface area contributed by atoms with Crippen LogP contribution in [0.1, 0.15) is 12.5 Å². The van der Waals surface area contributed by atoms with Gasteiger partial charge in [-0.2, -0.15) is 5.26 Å². The second-order valence-corrected chi connectivity index (χ2v) is 2.65. The predicted octanol–water partition coefficient (Wildman–Crippen LogP) is 2.55. The van der Waals surface area contributed by atoms with Crippen LogP contribution in [0.2, 0.25) is 0 Å². The lowest BCUT2D eigenvalue weighted by atomic mass is 10.1. The Morgan fingerprint density at radius 1 is 1.07 bits per heavy atom. The lowest BCUT2D eigenvalue weighted by Crippen LogP contribution is -2.09. The van der Waals surface area contributed by atoms with Crippen LogP contribution in [0.3, 0.4) is 0 Å². The molecule has 0 amide bonds. The largest absolute Gasteiger partial charge is 0.380 e. The number of benzene rings is 1. The third-order valence-corrected chi connectivity index (χ3v) is 1.73. The molecule has 1 rings (SSSR count). The molecule has 1 aromatic rings. The number of anilines is 1. The van der Waals surface area contributed by atoms with Crippen molar-refractivity contribution in [1.82, 2.24) is 0 Å². The van der Waals surface area contributed by atoms with Crippen molar-refractivity contribution >= 4 is 5.69 Å². The van der Waals surface area contributed by atoms with E-state index in [-0.39, 0.29) is 6.54 Å². The van der Waals surface area contributed by atoms with E-state index in [1.807, 2.05) is 0 Å². The monoisotopic (exact) mass is 218 g/mol. The minimum Gasteiger partial charge on any atom is -0.380 e. The molecule has 0 aliphatic carbocycles. The van der Waals surface area contributed by atoms with Crippen LogP contribution >= 0.6 is 0 Å². The molecular formula is C9H6F4N2. The lowest BCUT2D eigenvalue weighted by molar-refractivity contribution is 0.454. The van der Waals surface area contributed by atoms with Gasteiger partial charge >= 0.3 is 0 Å². The molecule has 80 valence electrons. The lowest BCUT2D eigenvalue weighted by Gasteiger charge is -2.08. The summed E-state index contributed by atoms with van der Waals surface area (Å²) in [6, 6.07) is 1.06. The zero-order valence-corrected chi connectivity index (χ0v) is 7.67. The van der Waals surface area contributed by atoms with Crippen molar-refractivity contribution < 1.29 is 17.6 Å². The molecule has 0 atom stereocenters. The summed E-state index contributed by atoms with van der Waals surface area (Å²) >= 11 is 0. The van der Waals surface area contributed by atoms with Crippen LogP contribution in [0.25, 0.3) is 0 Å². The first-order chi connectivity index (χ1) is 7.04. The summed E-state index contributed by atoms with van der Waals surface area (Å²) in [6.07, 6.45) is 0. The molecule has 1 aromatic carbocycles. The Morgan fingerprint density at radius 3 is 1.87 bits per heavy atom. The van der Waals surface area contributed by atoms with Gasteiger partial charge in [-0.3, -0.25) is 0 Å². The zero-order valence-electron chi connectivity index (χ0n) is 7.67. The van der Waals surface area contributed by atoms with Crippen LogP contribution < -0.4 is 5.32 Å². The van der Waals surface area contributed by atoms with Gasteiger partial charge in [0.25, 0.3) is 0 Å². The van der Waals surface area contributed by atoms with Crippen molar-refractivity contribution in [2.24, 2.45) is 0 Å². The maximum Gasteiger partial charge on any atom is 0.186 e. The first-order valence-electron chi connectivity index (χ1n) is 4.04. The summed E-state index contributed by atoms with van der Waals surface area (Å²) < 4.78 is 52.1. The quantitative estimate of drug-likeness (QED) is 0.611. The average molecular weight is 218 g/mol. The van der Waals surface area contributed by atoms with Gasteiger partial charge in [-0.25, -0.2) is 17.6 Å². The standard InChI is InChI=1S/C9H6F4N2/c1-2-15-9-7(12)5(10)4(3-14)6(11)8(9)13/h15H,2H2,1H3. The number of nitrogens with one attached hydrogen (secondary N) is 1. The SMILES string of the molecule is CCNc1c(F)c(F)c(C#N)c(F)c1F. The molecule has 0 fully saturated rings. The summed E-state index contributed by atoms with van der Waals surface area (Å²) in [6.45, 7) is 1.60. The third kappa shape index (κ3) is 1.73. The summed E-state index contributed by atoms with van der Waals surface area (Å²) in [5, 5.41) is 10.4. The second kappa shape index (κ2) is 4.17. The Kier molecular flexibility index (Phi) is 3.14. The number of halogens is 4. The first-order valence-corrected chi connectivity index (χ1v) is 4.04. The van der Waals surface area contributed by atoms with Crippen LogP contribution in [0.4, 0.5) is 23.2 Å². The van der Waals surface area contributed by atoms with E-state index in [1.165, 1.54) is 6.92 Å². The Labute approximate surface area is 83.1 Å². The van der Waals surface area contributed by atoms with E-state index in [2.05, 4.69) is 5.32 Å².